The van der Waals surface area contributed by atoms with Crippen LogP contribution in [0.15, 0.2) is 59.4 Å². The molecule has 0 bridgehead atoms. The van der Waals surface area contributed by atoms with Crippen molar-refractivity contribution in [3.05, 3.63) is 76.3 Å². The Morgan fingerprint density at radius 3 is 2.61 bits per heavy atom. The summed E-state index contributed by atoms with van der Waals surface area (Å²) in [6.07, 6.45) is 1.93. The topological polar surface area (TPSA) is 78.1 Å². The van der Waals surface area contributed by atoms with Crippen LogP contribution in [0.2, 0.25) is 0 Å². The molecule has 0 aliphatic heterocycles. The van der Waals surface area contributed by atoms with Crippen LogP contribution in [0.25, 0.3) is 10.9 Å². The van der Waals surface area contributed by atoms with Crippen molar-refractivity contribution in [3.63, 3.8) is 0 Å². The van der Waals surface area contributed by atoms with E-state index in [2.05, 4.69) is 22.2 Å². The Kier molecular flexibility index (Phi) is 6.42. The van der Waals surface area contributed by atoms with Gasteiger partial charge in [0.25, 0.3) is 5.56 Å². The molecule has 2 amide bonds. The SMILES string of the molecule is CCCCNC(=O)N(Cc1ccccc1)C(C)c1nc2ccccc2c(=O)[nH]1. The predicted octanol–water partition coefficient (Wildman–Crippen LogP) is 4.00. The Hall–Kier alpha value is -3.15. The summed E-state index contributed by atoms with van der Waals surface area (Å²) >= 11 is 0. The molecule has 1 unspecified atom stereocenters. The van der Waals surface area contributed by atoms with Crippen LogP contribution in [0, 0.1) is 0 Å². The number of aromatic amines is 1. The Bertz CT molecular complexity index is 984. The maximum atomic E-state index is 12.9. The van der Waals surface area contributed by atoms with E-state index in [1.807, 2.05) is 55.5 Å². The van der Waals surface area contributed by atoms with Gasteiger partial charge in [0.05, 0.1) is 16.9 Å². The highest BCUT2D eigenvalue weighted by Gasteiger charge is 2.24. The number of rotatable bonds is 7. The fourth-order valence-electron chi connectivity index (χ4n) is 3.09. The van der Waals surface area contributed by atoms with Gasteiger partial charge in [-0.15, -0.1) is 0 Å². The summed E-state index contributed by atoms with van der Waals surface area (Å²) in [4.78, 5) is 34.5. The minimum absolute atomic E-state index is 0.166. The molecular weight excluding hydrogens is 352 g/mol. The van der Waals surface area contributed by atoms with Crippen LogP contribution >= 0.6 is 0 Å². The second-order valence-electron chi connectivity index (χ2n) is 6.84. The Morgan fingerprint density at radius 1 is 1.14 bits per heavy atom. The first-order valence-corrected chi connectivity index (χ1v) is 9.67. The van der Waals surface area contributed by atoms with Crippen molar-refractivity contribution in [1.82, 2.24) is 20.2 Å². The summed E-state index contributed by atoms with van der Waals surface area (Å²) in [5.41, 5.74) is 1.45. The Morgan fingerprint density at radius 2 is 1.86 bits per heavy atom. The lowest BCUT2D eigenvalue weighted by atomic mass is 10.1. The van der Waals surface area contributed by atoms with Crippen LogP contribution in [0.5, 0.6) is 0 Å². The monoisotopic (exact) mass is 378 g/mol. The normalized spacial score (nSPS) is 11.9. The number of benzene rings is 2. The smallest absolute Gasteiger partial charge is 0.318 e. The lowest BCUT2D eigenvalue weighted by molar-refractivity contribution is 0.172. The number of aromatic nitrogens is 2. The minimum Gasteiger partial charge on any atom is -0.338 e. The number of para-hydroxylation sites is 1. The van der Waals surface area contributed by atoms with Gasteiger partial charge in [0, 0.05) is 13.1 Å². The van der Waals surface area contributed by atoms with Crippen molar-refractivity contribution in [2.24, 2.45) is 0 Å². The van der Waals surface area contributed by atoms with Crippen molar-refractivity contribution in [1.29, 1.82) is 0 Å². The highest BCUT2D eigenvalue weighted by Crippen LogP contribution is 2.20. The number of urea groups is 1. The zero-order valence-electron chi connectivity index (χ0n) is 16.3. The Labute approximate surface area is 164 Å². The zero-order chi connectivity index (χ0) is 19.9. The van der Waals surface area contributed by atoms with Gasteiger partial charge in [0.15, 0.2) is 0 Å². The average molecular weight is 378 g/mol. The van der Waals surface area contributed by atoms with Gasteiger partial charge in [-0.05, 0) is 31.0 Å². The number of hydrogen-bond donors (Lipinski definition) is 2. The third-order valence-corrected chi connectivity index (χ3v) is 4.76. The van der Waals surface area contributed by atoms with E-state index in [0.717, 1.165) is 18.4 Å². The van der Waals surface area contributed by atoms with Crippen LogP contribution in [-0.2, 0) is 6.54 Å². The summed E-state index contributed by atoms with van der Waals surface area (Å²) in [6.45, 7) is 5.02. The molecule has 3 aromatic rings. The van der Waals surface area contributed by atoms with E-state index in [1.54, 1.807) is 11.0 Å². The molecule has 0 aliphatic rings. The number of fused-ring (bicyclic) bond motifs is 1. The summed E-state index contributed by atoms with van der Waals surface area (Å²) < 4.78 is 0. The van der Waals surface area contributed by atoms with Crippen LogP contribution in [0.3, 0.4) is 0 Å². The molecule has 0 radical (unpaired) electrons. The third-order valence-electron chi connectivity index (χ3n) is 4.76. The summed E-state index contributed by atoms with van der Waals surface area (Å²) in [7, 11) is 0. The first-order valence-electron chi connectivity index (χ1n) is 9.67. The largest absolute Gasteiger partial charge is 0.338 e. The second-order valence-corrected chi connectivity index (χ2v) is 6.84. The molecule has 0 fully saturated rings. The van der Waals surface area contributed by atoms with Crippen molar-refractivity contribution >= 4 is 16.9 Å². The minimum atomic E-state index is -0.390. The van der Waals surface area contributed by atoms with Crippen LogP contribution in [0.4, 0.5) is 4.79 Å². The lowest BCUT2D eigenvalue weighted by Crippen LogP contribution is -2.42. The number of nitrogens with one attached hydrogen (secondary N) is 2. The average Bonchev–Trinajstić information content (AvgIpc) is 2.72. The van der Waals surface area contributed by atoms with Crippen molar-refractivity contribution in [3.8, 4) is 0 Å². The molecule has 2 aromatic carbocycles. The van der Waals surface area contributed by atoms with Gasteiger partial charge in [-0.3, -0.25) is 4.79 Å². The summed E-state index contributed by atoms with van der Waals surface area (Å²) in [5, 5.41) is 3.52. The highest BCUT2D eigenvalue weighted by atomic mass is 16.2. The van der Waals surface area contributed by atoms with Gasteiger partial charge in [-0.2, -0.15) is 0 Å². The molecule has 2 N–H and O–H groups in total. The quantitative estimate of drug-likeness (QED) is 0.610. The first kappa shape index (κ1) is 19.6. The molecule has 146 valence electrons. The van der Waals surface area contributed by atoms with Gasteiger partial charge >= 0.3 is 6.03 Å². The third kappa shape index (κ3) is 4.57. The molecular formula is C22H26N4O2. The number of amides is 2. The lowest BCUT2D eigenvalue weighted by Gasteiger charge is -2.29. The van der Waals surface area contributed by atoms with E-state index >= 15 is 0 Å². The molecule has 1 heterocycles. The maximum Gasteiger partial charge on any atom is 0.318 e. The molecule has 1 aromatic heterocycles. The van der Waals surface area contributed by atoms with Crippen LogP contribution < -0.4 is 10.9 Å². The fraction of sp³-hybridized carbons (Fsp3) is 0.318. The molecule has 3 rings (SSSR count). The van der Waals surface area contributed by atoms with Gasteiger partial charge < -0.3 is 15.2 Å². The van der Waals surface area contributed by atoms with Crippen molar-refractivity contribution < 1.29 is 4.79 Å². The highest BCUT2D eigenvalue weighted by molar-refractivity contribution is 5.77. The molecule has 0 spiro atoms. The van der Waals surface area contributed by atoms with Gasteiger partial charge in [-0.25, -0.2) is 9.78 Å². The zero-order valence-corrected chi connectivity index (χ0v) is 16.3. The molecule has 28 heavy (non-hydrogen) atoms. The van der Waals surface area contributed by atoms with Gasteiger partial charge in [-0.1, -0.05) is 55.8 Å². The van der Waals surface area contributed by atoms with Crippen molar-refractivity contribution in [2.75, 3.05) is 6.54 Å². The number of nitrogens with zero attached hydrogens (tertiary/aromatic N) is 2. The van der Waals surface area contributed by atoms with E-state index in [4.69, 9.17) is 0 Å². The molecule has 6 heteroatoms. The second kappa shape index (κ2) is 9.17. The van der Waals surface area contributed by atoms with Crippen molar-refractivity contribution in [2.45, 2.75) is 39.3 Å². The van der Waals surface area contributed by atoms with Crippen LogP contribution in [0.1, 0.15) is 44.1 Å². The first-order chi connectivity index (χ1) is 13.6. The molecule has 0 saturated heterocycles. The number of hydrogen-bond acceptors (Lipinski definition) is 3. The Balaban J connectivity index is 1.91. The van der Waals surface area contributed by atoms with E-state index in [0.29, 0.717) is 29.8 Å². The van der Waals surface area contributed by atoms with E-state index in [1.165, 1.54) is 0 Å². The predicted molar refractivity (Wildman–Crippen MR) is 111 cm³/mol. The van der Waals surface area contributed by atoms with E-state index in [9.17, 15) is 9.59 Å². The number of H-pyrrole nitrogens is 1. The summed E-state index contributed by atoms with van der Waals surface area (Å²) in [5.74, 6) is 0.477. The van der Waals surface area contributed by atoms with E-state index in [-0.39, 0.29) is 17.6 Å². The molecule has 0 aliphatic carbocycles. The summed E-state index contributed by atoms with van der Waals surface area (Å²) in [6, 6.07) is 16.5. The fourth-order valence-corrected chi connectivity index (χ4v) is 3.09. The molecule has 0 saturated carbocycles. The van der Waals surface area contributed by atoms with E-state index < -0.39 is 0 Å². The van der Waals surface area contributed by atoms with Crippen LogP contribution in [-0.4, -0.2) is 27.4 Å². The number of carbonyl (C=O) groups is 1. The standard InChI is InChI=1S/C22H26N4O2/c1-3-4-14-23-22(28)26(15-17-10-6-5-7-11-17)16(2)20-24-19-13-9-8-12-18(19)21(27)25-20/h5-13,16H,3-4,14-15H2,1-2H3,(H,23,28)(H,24,25,27). The maximum absolute atomic E-state index is 12.9. The van der Waals surface area contributed by atoms with Gasteiger partial charge in [0.2, 0.25) is 0 Å². The molecule has 6 nitrogen and oxygen atoms in total. The number of carbonyl (C=O) groups excluding carboxylic acids is 1. The molecule has 1 atom stereocenters. The van der Waals surface area contributed by atoms with Gasteiger partial charge in [0.1, 0.15) is 5.82 Å². The number of unbranched alkanes of at least 4 members (excludes halogenated alkanes) is 1.